The molecule has 0 spiro atoms. The molecule has 0 aliphatic heterocycles. The number of hydrogen-bond donors (Lipinski definition) is 1. The topological polar surface area (TPSA) is 56.9 Å². The molecule has 0 unspecified atom stereocenters. The van der Waals surface area contributed by atoms with Crippen LogP contribution in [0.15, 0.2) is 42.7 Å². The van der Waals surface area contributed by atoms with Crippen molar-refractivity contribution in [2.24, 2.45) is 0 Å². The van der Waals surface area contributed by atoms with E-state index in [0.717, 1.165) is 18.2 Å². The molecule has 1 heterocycles. The van der Waals surface area contributed by atoms with E-state index in [9.17, 15) is 19.1 Å². The van der Waals surface area contributed by atoms with E-state index in [4.69, 9.17) is 0 Å². The Morgan fingerprint density at radius 1 is 1.29 bits per heavy atom. The third-order valence-corrected chi connectivity index (χ3v) is 3.38. The van der Waals surface area contributed by atoms with Crippen molar-refractivity contribution in [3.63, 3.8) is 0 Å². The average molecular weight is 288 g/mol. The molecule has 0 aliphatic carbocycles. The summed E-state index contributed by atoms with van der Waals surface area (Å²) >= 11 is 0. The van der Waals surface area contributed by atoms with Crippen LogP contribution in [0, 0.1) is 23.0 Å². The Balaban J connectivity index is 2.47. The highest BCUT2D eigenvalue weighted by atomic mass is 19.1. The minimum absolute atomic E-state index is 0.0967. The number of halogens is 2. The fourth-order valence-electron chi connectivity index (χ4n) is 2.40. The lowest BCUT2D eigenvalue weighted by atomic mass is 9.80. The molecule has 2 atom stereocenters. The van der Waals surface area contributed by atoms with Gasteiger partial charge in [0.15, 0.2) is 0 Å². The Morgan fingerprint density at radius 2 is 2.10 bits per heavy atom. The number of hydrogen-bond acceptors (Lipinski definition) is 3. The Kier molecular flexibility index (Phi) is 4.96. The first kappa shape index (κ1) is 15.1. The summed E-state index contributed by atoms with van der Waals surface area (Å²) in [5.74, 6) is -2.50. The number of aliphatic hydroxyl groups is 1. The first-order valence-electron chi connectivity index (χ1n) is 6.52. The summed E-state index contributed by atoms with van der Waals surface area (Å²) in [4.78, 5) is 3.95. The van der Waals surface area contributed by atoms with Crippen LogP contribution in [0.5, 0.6) is 0 Å². The van der Waals surface area contributed by atoms with Crippen LogP contribution in [0.25, 0.3) is 0 Å². The highest BCUT2D eigenvalue weighted by Gasteiger charge is 2.27. The Labute approximate surface area is 121 Å². The van der Waals surface area contributed by atoms with Crippen LogP contribution < -0.4 is 0 Å². The second kappa shape index (κ2) is 6.91. The zero-order valence-corrected chi connectivity index (χ0v) is 11.2. The number of pyridine rings is 1. The number of aromatic nitrogens is 1. The van der Waals surface area contributed by atoms with Gasteiger partial charge in [0, 0.05) is 24.9 Å². The van der Waals surface area contributed by atoms with Crippen LogP contribution in [-0.2, 0) is 0 Å². The molecule has 1 aromatic carbocycles. The van der Waals surface area contributed by atoms with Crippen LogP contribution in [0.2, 0.25) is 0 Å². The Bertz CT molecular complexity index is 640. The molecule has 0 fully saturated rings. The Hall–Kier alpha value is -2.32. The van der Waals surface area contributed by atoms with Gasteiger partial charge in [0.05, 0.1) is 12.0 Å². The van der Waals surface area contributed by atoms with Gasteiger partial charge in [-0.05, 0) is 41.8 Å². The van der Waals surface area contributed by atoms with Crippen molar-refractivity contribution in [3.8, 4) is 6.07 Å². The largest absolute Gasteiger partial charge is 0.396 e. The first-order chi connectivity index (χ1) is 10.2. The minimum atomic E-state index is -0.706. The maximum Gasteiger partial charge on any atom is 0.126 e. The predicted octanol–water partition coefficient (Wildman–Crippen LogP) is 3.13. The summed E-state index contributed by atoms with van der Waals surface area (Å²) < 4.78 is 27.4. The van der Waals surface area contributed by atoms with Crippen molar-refractivity contribution >= 4 is 0 Å². The van der Waals surface area contributed by atoms with Crippen LogP contribution >= 0.6 is 0 Å². The number of benzene rings is 1. The van der Waals surface area contributed by atoms with Crippen molar-refractivity contribution < 1.29 is 13.9 Å². The van der Waals surface area contributed by atoms with E-state index in [2.05, 4.69) is 11.1 Å². The van der Waals surface area contributed by atoms with Gasteiger partial charge in [-0.2, -0.15) is 5.26 Å². The fraction of sp³-hybridized carbons (Fsp3) is 0.250. The SMILES string of the molecule is N#C[C@H](c1cccnc1)[C@H](CCO)c1cc(F)ccc1F. The van der Waals surface area contributed by atoms with E-state index >= 15 is 0 Å². The van der Waals surface area contributed by atoms with E-state index in [0.29, 0.717) is 5.56 Å². The average Bonchev–Trinajstić information content (AvgIpc) is 2.51. The second-order valence-electron chi connectivity index (χ2n) is 4.68. The molecular weight excluding hydrogens is 274 g/mol. The molecular formula is C16H14F2N2O. The molecule has 0 amide bonds. The van der Waals surface area contributed by atoms with E-state index in [-0.39, 0.29) is 18.6 Å². The summed E-state index contributed by atoms with van der Waals surface area (Å²) in [5, 5.41) is 18.6. The zero-order valence-electron chi connectivity index (χ0n) is 11.2. The van der Waals surface area contributed by atoms with Gasteiger partial charge in [-0.15, -0.1) is 0 Å². The first-order valence-corrected chi connectivity index (χ1v) is 6.52. The fourth-order valence-corrected chi connectivity index (χ4v) is 2.40. The molecule has 21 heavy (non-hydrogen) atoms. The molecule has 1 aromatic heterocycles. The van der Waals surface area contributed by atoms with E-state index in [1.807, 2.05) is 0 Å². The quantitative estimate of drug-likeness (QED) is 0.919. The lowest BCUT2D eigenvalue weighted by Gasteiger charge is -2.22. The molecule has 2 rings (SSSR count). The van der Waals surface area contributed by atoms with Gasteiger partial charge in [-0.25, -0.2) is 8.78 Å². The monoisotopic (exact) mass is 288 g/mol. The molecule has 3 nitrogen and oxygen atoms in total. The highest BCUT2D eigenvalue weighted by Crippen LogP contribution is 2.36. The van der Waals surface area contributed by atoms with Crippen molar-refractivity contribution in [1.29, 1.82) is 5.26 Å². The van der Waals surface area contributed by atoms with Crippen LogP contribution in [0.1, 0.15) is 29.4 Å². The molecule has 1 N–H and O–H groups in total. The van der Waals surface area contributed by atoms with Crippen molar-refractivity contribution in [3.05, 3.63) is 65.5 Å². The van der Waals surface area contributed by atoms with Crippen LogP contribution in [0.3, 0.4) is 0 Å². The zero-order chi connectivity index (χ0) is 15.2. The molecule has 0 bridgehead atoms. The van der Waals surface area contributed by atoms with Gasteiger partial charge in [-0.1, -0.05) is 6.07 Å². The number of nitriles is 1. The normalized spacial score (nSPS) is 13.4. The third kappa shape index (κ3) is 3.41. The molecule has 0 saturated carbocycles. The van der Waals surface area contributed by atoms with Crippen molar-refractivity contribution in [2.45, 2.75) is 18.3 Å². The third-order valence-electron chi connectivity index (χ3n) is 3.38. The standard InChI is InChI=1S/C16H14F2N2O/c17-12-3-4-16(18)14(8-12)13(5-7-21)15(9-19)11-2-1-6-20-10-11/h1-4,6,8,10,13,15,21H,5,7H2/t13-,15-/m1/s1. The minimum Gasteiger partial charge on any atom is -0.396 e. The van der Waals surface area contributed by atoms with Gasteiger partial charge >= 0.3 is 0 Å². The van der Waals surface area contributed by atoms with Gasteiger partial charge < -0.3 is 5.11 Å². The molecule has 0 aliphatic rings. The van der Waals surface area contributed by atoms with Crippen LogP contribution in [0.4, 0.5) is 8.78 Å². The summed E-state index contributed by atoms with van der Waals surface area (Å²) in [6.45, 7) is -0.223. The lowest BCUT2D eigenvalue weighted by molar-refractivity contribution is 0.270. The molecule has 5 heteroatoms. The lowest BCUT2D eigenvalue weighted by Crippen LogP contribution is -2.14. The van der Waals surface area contributed by atoms with Crippen molar-refractivity contribution in [1.82, 2.24) is 4.98 Å². The summed E-state index contributed by atoms with van der Waals surface area (Å²) in [6.07, 6.45) is 3.25. The highest BCUT2D eigenvalue weighted by molar-refractivity contribution is 5.32. The second-order valence-corrected chi connectivity index (χ2v) is 4.68. The molecule has 0 saturated heterocycles. The molecule has 2 aromatic rings. The summed E-state index contributed by atoms with van der Waals surface area (Å²) in [6, 6.07) is 8.64. The summed E-state index contributed by atoms with van der Waals surface area (Å²) in [5.41, 5.74) is 0.710. The van der Waals surface area contributed by atoms with Crippen molar-refractivity contribution in [2.75, 3.05) is 6.61 Å². The maximum atomic E-state index is 14.0. The summed E-state index contributed by atoms with van der Waals surface area (Å²) in [7, 11) is 0. The van der Waals surface area contributed by atoms with Gasteiger partial charge in [0.2, 0.25) is 0 Å². The van der Waals surface area contributed by atoms with E-state index in [1.54, 1.807) is 18.3 Å². The van der Waals surface area contributed by atoms with Gasteiger partial charge in [0.1, 0.15) is 11.6 Å². The maximum absolute atomic E-state index is 14.0. The van der Waals surface area contributed by atoms with Gasteiger partial charge in [0.25, 0.3) is 0 Å². The predicted molar refractivity (Wildman–Crippen MR) is 73.4 cm³/mol. The molecule has 108 valence electrons. The number of nitrogens with zero attached hydrogens (tertiary/aromatic N) is 2. The number of aliphatic hydroxyl groups excluding tert-OH is 1. The Morgan fingerprint density at radius 3 is 2.71 bits per heavy atom. The smallest absolute Gasteiger partial charge is 0.126 e. The van der Waals surface area contributed by atoms with E-state index < -0.39 is 23.5 Å². The van der Waals surface area contributed by atoms with Gasteiger partial charge in [-0.3, -0.25) is 4.98 Å². The van der Waals surface area contributed by atoms with E-state index in [1.165, 1.54) is 6.20 Å². The van der Waals surface area contributed by atoms with Crippen LogP contribution in [-0.4, -0.2) is 16.7 Å². The molecule has 0 radical (unpaired) electrons. The number of rotatable bonds is 5.